The smallest absolute Gasteiger partial charge is 0.250 e. The van der Waals surface area contributed by atoms with E-state index >= 15 is 0 Å². The highest BCUT2D eigenvalue weighted by molar-refractivity contribution is 7.91. The van der Waals surface area contributed by atoms with Crippen molar-refractivity contribution in [2.75, 3.05) is 6.54 Å². The standard InChI is InChI=1S/C14H15NO3S2/c1-2-12-8-9-14(19-12)20(17,18)15-10-13(16)11-6-4-3-5-7-11/h3-9,15H,2,10H2,1H3. The Morgan fingerprint density at radius 3 is 2.45 bits per heavy atom. The number of hydrogen-bond acceptors (Lipinski definition) is 4. The van der Waals surface area contributed by atoms with E-state index in [0.29, 0.717) is 5.56 Å². The van der Waals surface area contributed by atoms with E-state index in [-0.39, 0.29) is 16.5 Å². The van der Waals surface area contributed by atoms with Gasteiger partial charge in [0.05, 0.1) is 6.54 Å². The molecule has 1 aromatic heterocycles. The Hall–Kier alpha value is -1.50. The van der Waals surface area contributed by atoms with Crippen LogP contribution in [0.25, 0.3) is 0 Å². The van der Waals surface area contributed by atoms with Crippen LogP contribution in [-0.4, -0.2) is 20.7 Å². The summed E-state index contributed by atoms with van der Waals surface area (Å²) in [5.41, 5.74) is 0.496. The lowest BCUT2D eigenvalue weighted by Crippen LogP contribution is -2.29. The third-order valence-corrected chi connectivity index (χ3v) is 5.89. The summed E-state index contributed by atoms with van der Waals surface area (Å²) in [5.74, 6) is -0.249. The van der Waals surface area contributed by atoms with Crippen LogP contribution in [0.3, 0.4) is 0 Å². The van der Waals surface area contributed by atoms with Crippen LogP contribution in [0.15, 0.2) is 46.7 Å². The normalized spacial score (nSPS) is 11.4. The van der Waals surface area contributed by atoms with Crippen molar-refractivity contribution in [3.05, 3.63) is 52.9 Å². The third-order valence-electron chi connectivity index (χ3n) is 2.77. The molecular formula is C14H15NO3S2. The largest absolute Gasteiger partial charge is 0.293 e. The lowest BCUT2D eigenvalue weighted by Gasteiger charge is -2.04. The predicted octanol–water partition coefficient (Wildman–Crippen LogP) is 2.47. The number of benzene rings is 1. The molecule has 106 valence electrons. The average Bonchev–Trinajstić information content (AvgIpc) is 2.95. The van der Waals surface area contributed by atoms with E-state index in [1.165, 1.54) is 11.3 Å². The number of carbonyl (C=O) groups excluding carboxylic acids is 1. The second kappa shape index (κ2) is 6.30. The van der Waals surface area contributed by atoms with Crippen molar-refractivity contribution in [2.24, 2.45) is 0 Å². The Kier molecular flexibility index (Phi) is 4.69. The monoisotopic (exact) mass is 309 g/mol. The molecule has 0 aliphatic carbocycles. The molecule has 1 N–H and O–H groups in total. The first-order valence-corrected chi connectivity index (χ1v) is 8.49. The van der Waals surface area contributed by atoms with E-state index in [1.807, 2.05) is 6.92 Å². The van der Waals surface area contributed by atoms with Gasteiger partial charge in [0.2, 0.25) is 10.0 Å². The van der Waals surface area contributed by atoms with Crippen LogP contribution >= 0.6 is 11.3 Å². The first kappa shape index (κ1) is 14.9. The van der Waals surface area contributed by atoms with Crippen molar-refractivity contribution in [2.45, 2.75) is 17.6 Å². The summed E-state index contributed by atoms with van der Waals surface area (Å²) < 4.78 is 26.7. The van der Waals surface area contributed by atoms with Crippen molar-refractivity contribution in [3.63, 3.8) is 0 Å². The number of nitrogens with one attached hydrogen (secondary N) is 1. The highest BCUT2D eigenvalue weighted by atomic mass is 32.2. The summed E-state index contributed by atoms with van der Waals surface area (Å²) >= 11 is 1.23. The quantitative estimate of drug-likeness (QED) is 0.834. The van der Waals surface area contributed by atoms with Gasteiger partial charge >= 0.3 is 0 Å². The maximum absolute atomic E-state index is 12.0. The van der Waals surface area contributed by atoms with E-state index < -0.39 is 10.0 Å². The summed E-state index contributed by atoms with van der Waals surface area (Å²) in [5, 5.41) is 0. The Balaban J connectivity index is 2.04. The van der Waals surface area contributed by atoms with Gasteiger partial charge in [0, 0.05) is 10.4 Å². The van der Waals surface area contributed by atoms with E-state index in [1.54, 1.807) is 42.5 Å². The summed E-state index contributed by atoms with van der Waals surface area (Å²) in [6.07, 6.45) is 0.795. The van der Waals surface area contributed by atoms with Crippen LogP contribution in [-0.2, 0) is 16.4 Å². The second-order valence-electron chi connectivity index (χ2n) is 4.19. The molecule has 0 unspecified atom stereocenters. The van der Waals surface area contributed by atoms with Crippen LogP contribution < -0.4 is 4.72 Å². The zero-order valence-corrected chi connectivity index (χ0v) is 12.6. The number of thiophene rings is 1. The topological polar surface area (TPSA) is 63.2 Å². The molecule has 0 spiro atoms. The summed E-state index contributed by atoms with van der Waals surface area (Å²) in [6.45, 7) is 1.74. The van der Waals surface area contributed by atoms with Gasteiger partial charge in [-0.1, -0.05) is 37.3 Å². The minimum Gasteiger partial charge on any atom is -0.293 e. The van der Waals surface area contributed by atoms with Gasteiger partial charge in [-0.3, -0.25) is 4.79 Å². The summed E-state index contributed by atoms with van der Waals surface area (Å²) in [4.78, 5) is 12.9. The Morgan fingerprint density at radius 2 is 1.85 bits per heavy atom. The molecule has 0 amide bonds. The molecule has 0 saturated heterocycles. The Labute approximate surface area is 122 Å². The fraction of sp³-hybridized carbons (Fsp3) is 0.214. The molecule has 0 fully saturated rings. The predicted molar refractivity (Wildman–Crippen MR) is 79.7 cm³/mol. The third kappa shape index (κ3) is 3.53. The molecule has 20 heavy (non-hydrogen) atoms. The summed E-state index contributed by atoms with van der Waals surface area (Å²) in [7, 11) is -3.60. The van der Waals surface area contributed by atoms with E-state index in [9.17, 15) is 13.2 Å². The molecule has 0 aliphatic rings. The van der Waals surface area contributed by atoms with Crippen LogP contribution in [0.2, 0.25) is 0 Å². The van der Waals surface area contributed by atoms with Crippen molar-refractivity contribution in [1.29, 1.82) is 0 Å². The lowest BCUT2D eigenvalue weighted by atomic mass is 10.1. The van der Waals surface area contributed by atoms with Gasteiger partial charge in [-0.25, -0.2) is 13.1 Å². The number of rotatable bonds is 6. The molecule has 1 heterocycles. The minimum atomic E-state index is -3.60. The maximum atomic E-state index is 12.0. The minimum absolute atomic E-state index is 0.230. The number of aryl methyl sites for hydroxylation is 1. The van der Waals surface area contributed by atoms with E-state index in [2.05, 4.69) is 4.72 Å². The van der Waals surface area contributed by atoms with Crippen LogP contribution in [0.5, 0.6) is 0 Å². The van der Waals surface area contributed by atoms with Crippen molar-refractivity contribution >= 4 is 27.1 Å². The fourth-order valence-corrected chi connectivity index (χ4v) is 3.97. The van der Waals surface area contributed by atoms with Gasteiger partial charge in [0.1, 0.15) is 4.21 Å². The van der Waals surface area contributed by atoms with Crippen molar-refractivity contribution in [1.82, 2.24) is 4.72 Å². The molecule has 0 saturated carbocycles. The van der Waals surface area contributed by atoms with E-state index in [0.717, 1.165) is 11.3 Å². The molecule has 0 radical (unpaired) electrons. The molecule has 0 bridgehead atoms. The highest BCUT2D eigenvalue weighted by Gasteiger charge is 2.18. The lowest BCUT2D eigenvalue weighted by molar-refractivity contribution is 0.0997. The van der Waals surface area contributed by atoms with Gasteiger partial charge in [-0.2, -0.15) is 0 Å². The second-order valence-corrected chi connectivity index (χ2v) is 7.35. The average molecular weight is 309 g/mol. The van der Waals surface area contributed by atoms with Gasteiger partial charge in [-0.05, 0) is 18.6 Å². The first-order valence-electron chi connectivity index (χ1n) is 6.19. The highest BCUT2D eigenvalue weighted by Crippen LogP contribution is 2.21. The fourth-order valence-electron chi connectivity index (χ4n) is 1.65. The molecule has 6 heteroatoms. The molecule has 0 atom stereocenters. The van der Waals surface area contributed by atoms with Crippen LogP contribution in [0, 0.1) is 0 Å². The zero-order valence-electron chi connectivity index (χ0n) is 11.0. The Morgan fingerprint density at radius 1 is 1.15 bits per heavy atom. The number of hydrogen-bond donors (Lipinski definition) is 1. The molecule has 2 rings (SSSR count). The SMILES string of the molecule is CCc1ccc(S(=O)(=O)NCC(=O)c2ccccc2)s1. The number of Topliss-reactive ketones (excluding diaryl/α,β-unsaturated/α-hetero) is 1. The summed E-state index contributed by atoms with van der Waals surface area (Å²) in [6, 6.07) is 12.0. The molecular weight excluding hydrogens is 294 g/mol. The van der Waals surface area contributed by atoms with Crippen LogP contribution in [0.4, 0.5) is 0 Å². The van der Waals surface area contributed by atoms with Gasteiger partial charge in [-0.15, -0.1) is 11.3 Å². The number of ketones is 1. The number of sulfonamides is 1. The van der Waals surface area contributed by atoms with Gasteiger partial charge in [0.25, 0.3) is 0 Å². The molecule has 2 aromatic rings. The zero-order chi connectivity index (χ0) is 14.6. The number of carbonyl (C=O) groups is 1. The van der Waals surface area contributed by atoms with Crippen molar-refractivity contribution < 1.29 is 13.2 Å². The Bertz CT molecular complexity index is 690. The van der Waals surface area contributed by atoms with Gasteiger partial charge in [0.15, 0.2) is 5.78 Å². The first-order chi connectivity index (χ1) is 9.53. The van der Waals surface area contributed by atoms with Crippen molar-refractivity contribution in [3.8, 4) is 0 Å². The molecule has 0 aliphatic heterocycles. The van der Waals surface area contributed by atoms with E-state index in [4.69, 9.17) is 0 Å². The van der Waals surface area contributed by atoms with Crippen LogP contribution in [0.1, 0.15) is 22.2 Å². The maximum Gasteiger partial charge on any atom is 0.250 e. The molecule has 4 nitrogen and oxygen atoms in total. The molecule has 1 aromatic carbocycles. The van der Waals surface area contributed by atoms with Gasteiger partial charge < -0.3 is 0 Å².